The molecule has 1 aromatic carbocycles. The molecule has 0 bridgehead atoms. The number of allylic oxidation sites excluding steroid dienone is 3. The number of hydrogen-bond acceptors (Lipinski definition) is 3. The number of rotatable bonds is 4. The van der Waals surface area contributed by atoms with Crippen molar-refractivity contribution >= 4 is 20.9 Å². The average Bonchev–Trinajstić information content (AvgIpc) is 2.93. The molecule has 0 saturated carbocycles. The lowest BCUT2D eigenvalue weighted by Crippen LogP contribution is -2.39. The summed E-state index contributed by atoms with van der Waals surface area (Å²) in [6.07, 6.45) is 3.17. The Labute approximate surface area is 147 Å². The molecule has 0 fully saturated rings. The van der Waals surface area contributed by atoms with Crippen molar-refractivity contribution in [2.75, 3.05) is 0 Å². The van der Waals surface area contributed by atoms with Crippen LogP contribution in [0.3, 0.4) is 0 Å². The molecule has 25 heavy (non-hydrogen) atoms. The first kappa shape index (κ1) is 17.9. The van der Waals surface area contributed by atoms with Gasteiger partial charge in [-0.05, 0) is 43.5 Å². The molecule has 2 aromatic rings. The van der Waals surface area contributed by atoms with Crippen molar-refractivity contribution in [2.45, 2.75) is 38.0 Å². The Hall–Kier alpha value is -1.92. The summed E-state index contributed by atoms with van der Waals surface area (Å²) >= 11 is 0. The fourth-order valence-corrected chi connectivity index (χ4v) is 5.01. The minimum absolute atomic E-state index is 0.162. The van der Waals surface area contributed by atoms with Gasteiger partial charge in [0.1, 0.15) is 10.6 Å². The van der Waals surface area contributed by atoms with E-state index in [9.17, 15) is 17.9 Å². The Morgan fingerprint density at radius 1 is 1.28 bits per heavy atom. The van der Waals surface area contributed by atoms with Crippen molar-refractivity contribution in [3.63, 3.8) is 0 Å². The molecule has 134 valence electrons. The second kappa shape index (κ2) is 6.11. The van der Waals surface area contributed by atoms with E-state index < -0.39 is 26.7 Å². The highest BCUT2D eigenvalue weighted by molar-refractivity contribution is 7.91. The second-order valence-corrected chi connectivity index (χ2v) is 9.28. The van der Waals surface area contributed by atoms with Gasteiger partial charge in [0.05, 0.1) is 17.3 Å². The third-order valence-corrected chi connectivity index (χ3v) is 7.05. The monoisotopic (exact) mass is 363 g/mol. The van der Waals surface area contributed by atoms with Crippen molar-refractivity contribution in [2.24, 2.45) is 5.92 Å². The quantitative estimate of drug-likeness (QED) is 0.890. The molecule has 0 aliphatic heterocycles. The summed E-state index contributed by atoms with van der Waals surface area (Å²) in [5, 5.41) is 11.3. The van der Waals surface area contributed by atoms with Crippen LogP contribution in [0.1, 0.15) is 39.0 Å². The molecule has 0 spiro atoms. The van der Waals surface area contributed by atoms with Gasteiger partial charge in [0, 0.05) is 5.39 Å². The Bertz CT molecular complexity index is 972. The van der Waals surface area contributed by atoms with E-state index in [1.807, 2.05) is 19.9 Å². The van der Waals surface area contributed by atoms with Gasteiger partial charge in [-0.3, -0.25) is 0 Å². The molecule has 6 heteroatoms. The number of aromatic nitrogens is 1. The van der Waals surface area contributed by atoms with E-state index in [4.69, 9.17) is 0 Å². The normalized spacial score (nSPS) is 22.4. The zero-order valence-electron chi connectivity index (χ0n) is 14.5. The lowest BCUT2D eigenvalue weighted by molar-refractivity contribution is 0.122. The van der Waals surface area contributed by atoms with Crippen molar-refractivity contribution in [3.05, 3.63) is 60.1 Å². The molecule has 0 amide bonds. The Balaban J connectivity index is 2.30. The molecule has 1 heterocycles. The number of hydrogen-bond donors (Lipinski definition) is 1. The molecular formula is C19H22FNO3S. The van der Waals surface area contributed by atoms with Crippen LogP contribution >= 0.6 is 0 Å². The van der Waals surface area contributed by atoms with Crippen molar-refractivity contribution in [1.82, 2.24) is 3.97 Å². The van der Waals surface area contributed by atoms with Crippen LogP contribution in [0, 0.1) is 5.92 Å². The minimum atomic E-state index is -4.00. The standard InChI is InChI=1S/C19H22FNO3S/c1-13(2)18(22)17-11-14-7-4-5-9-16(14)21(17)25(23,24)19(3)10-6-8-15(20)12-19/h4-9,11-13,18,22H,10H2,1-3H3. The van der Waals surface area contributed by atoms with Gasteiger partial charge >= 0.3 is 0 Å². The molecule has 1 aliphatic carbocycles. The fraction of sp³-hybridized carbons (Fsp3) is 0.368. The maximum atomic E-state index is 13.8. The van der Waals surface area contributed by atoms with E-state index in [0.29, 0.717) is 11.2 Å². The van der Waals surface area contributed by atoms with Crippen molar-refractivity contribution in [3.8, 4) is 0 Å². The minimum Gasteiger partial charge on any atom is -0.387 e. The zero-order chi connectivity index (χ0) is 18.4. The number of aliphatic hydroxyl groups excluding tert-OH is 1. The lowest BCUT2D eigenvalue weighted by atomic mass is 10.0. The van der Waals surface area contributed by atoms with E-state index in [1.165, 1.54) is 23.0 Å². The Morgan fingerprint density at radius 3 is 2.60 bits per heavy atom. The van der Waals surface area contributed by atoms with Gasteiger partial charge in [0.25, 0.3) is 0 Å². The summed E-state index contributed by atoms with van der Waals surface area (Å²) in [6.45, 7) is 5.15. The molecule has 2 atom stereocenters. The molecule has 2 unspecified atom stereocenters. The number of aliphatic hydroxyl groups is 1. The van der Waals surface area contributed by atoms with Gasteiger partial charge < -0.3 is 5.11 Å². The molecule has 4 nitrogen and oxygen atoms in total. The van der Waals surface area contributed by atoms with Crippen LogP contribution in [0.2, 0.25) is 0 Å². The van der Waals surface area contributed by atoms with Gasteiger partial charge in [-0.1, -0.05) is 38.1 Å². The third kappa shape index (κ3) is 2.83. The molecule has 3 rings (SSSR count). The second-order valence-electron chi connectivity index (χ2n) is 7.03. The molecule has 0 saturated heterocycles. The summed E-state index contributed by atoms with van der Waals surface area (Å²) in [5.41, 5.74) is 0.794. The number of fused-ring (bicyclic) bond motifs is 1. The SMILES string of the molecule is CC(C)C(O)c1cc2ccccc2n1S(=O)(=O)C1(C)C=C(F)C=CC1. The zero-order valence-corrected chi connectivity index (χ0v) is 15.3. The van der Waals surface area contributed by atoms with Crippen LogP contribution in [0.15, 0.2) is 54.4 Å². The van der Waals surface area contributed by atoms with E-state index in [-0.39, 0.29) is 12.3 Å². The highest BCUT2D eigenvalue weighted by atomic mass is 32.2. The Morgan fingerprint density at radius 2 is 1.96 bits per heavy atom. The van der Waals surface area contributed by atoms with Crippen LogP contribution in [-0.2, 0) is 10.0 Å². The summed E-state index contributed by atoms with van der Waals surface area (Å²) in [5.74, 6) is -0.732. The number of para-hydroxylation sites is 1. The van der Waals surface area contributed by atoms with Gasteiger partial charge in [-0.2, -0.15) is 0 Å². The average molecular weight is 363 g/mol. The predicted molar refractivity (Wildman–Crippen MR) is 97.4 cm³/mol. The lowest BCUT2D eigenvalue weighted by Gasteiger charge is -2.29. The first-order chi connectivity index (χ1) is 11.7. The molecule has 0 radical (unpaired) electrons. The molecular weight excluding hydrogens is 341 g/mol. The number of nitrogens with zero attached hydrogens (tertiary/aromatic N) is 1. The highest BCUT2D eigenvalue weighted by Gasteiger charge is 2.42. The maximum absolute atomic E-state index is 13.8. The summed E-state index contributed by atoms with van der Waals surface area (Å²) in [4.78, 5) is 0. The topological polar surface area (TPSA) is 59.3 Å². The largest absolute Gasteiger partial charge is 0.387 e. The van der Waals surface area contributed by atoms with Gasteiger partial charge in [-0.15, -0.1) is 0 Å². The van der Waals surface area contributed by atoms with Gasteiger partial charge in [-0.25, -0.2) is 16.8 Å². The molecule has 1 aliphatic rings. The summed E-state index contributed by atoms with van der Waals surface area (Å²) < 4.78 is 40.5. The van der Waals surface area contributed by atoms with E-state index in [1.54, 1.807) is 24.3 Å². The number of benzene rings is 1. The van der Waals surface area contributed by atoms with Crippen LogP contribution in [0.4, 0.5) is 4.39 Å². The highest BCUT2D eigenvalue weighted by Crippen LogP contribution is 2.37. The van der Waals surface area contributed by atoms with Crippen molar-refractivity contribution in [1.29, 1.82) is 0 Å². The molecule has 1 N–H and O–H groups in total. The number of halogens is 1. The summed E-state index contributed by atoms with van der Waals surface area (Å²) in [7, 11) is -4.00. The Kier molecular flexibility index (Phi) is 4.37. The predicted octanol–water partition coefficient (Wildman–Crippen LogP) is 4.08. The van der Waals surface area contributed by atoms with Crippen LogP contribution in [0.5, 0.6) is 0 Å². The van der Waals surface area contributed by atoms with Crippen molar-refractivity contribution < 1.29 is 17.9 Å². The fourth-order valence-electron chi connectivity index (χ4n) is 3.16. The van der Waals surface area contributed by atoms with E-state index in [0.717, 1.165) is 11.5 Å². The maximum Gasteiger partial charge on any atom is 0.248 e. The molecule has 1 aromatic heterocycles. The first-order valence-corrected chi connectivity index (χ1v) is 9.70. The van der Waals surface area contributed by atoms with E-state index >= 15 is 0 Å². The third-order valence-electron chi connectivity index (χ3n) is 4.70. The first-order valence-electron chi connectivity index (χ1n) is 8.26. The van der Waals surface area contributed by atoms with Gasteiger partial charge in [0.2, 0.25) is 10.0 Å². The van der Waals surface area contributed by atoms with E-state index in [2.05, 4.69) is 0 Å². The smallest absolute Gasteiger partial charge is 0.248 e. The van der Waals surface area contributed by atoms with Gasteiger partial charge in [0.15, 0.2) is 0 Å². The van der Waals surface area contributed by atoms with Crippen LogP contribution < -0.4 is 0 Å². The van der Waals surface area contributed by atoms with Crippen LogP contribution in [0.25, 0.3) is 10.9 Å². The van der Waals surface area contributed by atoms with Crippen LogP contribution in [-0.4, -0.2) is 22.2 Å². The summed E-state index contributed by atoms with van der Waals surface area (Å²) in [6, 6.07) is 8.76.